The Hall–Kier alpha value is -1.49. The van der Waals surface area contributed by atoms with Gasteiger partial charge in [-0.05, 0) is 56.7 Å². The summed E-state index contributed by atoms with van der Waals surface area (Å²) in [5.74, 6) is -1.61. The number of halogens is 2. The second kappa shape index (κ2) is 7.68. The second-order valence-electron chi connectivity index (χ2n) is 6.07. The molecule has 1 aromatic rings. The van der Waals surface area contributed by atoms with Crippen LogP contribution in [0.25, 0.3) is 0 Å². The maximum Gasteiger partial charge on any atom is 0.222 e. The van der Waals surface area contributed by atoms with Crippen LogP contribution in [-0.2, 0) is 11.2 Å². The van der Waals surface area contributed by atoms with Crippen LogP contribution in [0.2, 0.25) is 0 Å². The van der Waals surface area contributed by atoms with Crippen LogP contribution in [0.1, 0.15) is 44.6 Å². The van der Waals surface area contributed by atoms with Crippen LogP contribution in [0.5, 0.6) is 0 Å². The van der Waals surface area contributed by atoms with E-state index in [2.05, 4.69) is 0 Å². The Labute approximate surface area is 129 Å². The van der Waals surface area contributed by atoms with E-state index in [1.54, 1.807) is 13.0 Å². The summed E-state index contributed by atoms with van der Waals surface area (Å²) in [5, 5.41) is 9.48. The van der Waals surface area contributed by atoms with Crippen molar-refractivity contribution in [3.8, 4) is 0 Å². The normalized spacial score (nSPS) is 19.5. The topological polar surface area (TPSA) is 40.5 Å². The minimum atomic E-state index is -0.849. The number of aryl methyl sites for hydroxylation is 1. The summed E-state index contributed by atoms with van der Waals surface area (Å²) in [6, 6.07) is 3.99. The fraction of sp³-hybridized carbons (Fsp3) is 0.588. The number of likely N-dealkylation sites (tertiary alicyclic amines) is 1. The zero-order chi connectivity index (χ0) is 16.1. The lowest BCUT2D eigenvalue weighted by molar-refractivity contribution is -0.132. The van der Waals surface area contributed by atoms with Crippen LogP contribution in [0.3, 0.4) is 0 Å². The first kappa shape index (κ1) is 16.9. The third-order valence-corrected chi connectivity index (χ3v) is 4.15. The minimum absolute atomic E-state index is 0.0886. The third-order valence-electron chi connectivity index (χ3n) is 4.15. The Morgan fingerprint density at radius 3 is 2.86 bits per heavy atom. The van der Waals surface area contributed by atoms with Crippen LogP contribution in [0.15, 0.2) is 18.2 Å². The van der Waals surface area contributed by atoms with Gasteiger partial charge in [-0.15, -0.1) is 0 Å². The quantitative estimate of drug-likeness (QED) is 0.877. The van der Waals surface area contributed by atoms with Gasteiger partial charge in [0.15, 0.2) is 11.6 Å². The zero-order valence-electron chi connectivity index (χ0n) is 12.9. The average molecular weight is 311 g/mol. The van der Waals surface area contributed by atoms with E-state index in [1.807, 2.05) is 4.90 Å². The van der Waals surface area contributed by atoms with Gasteiger partial charge < -0.3 is 10.0 Å². The van der Waals surface area contributed by atoms with Crippen LogP contribution in [0.4, 0.5) is 8.78 Å². The maximum absolute atomic E-state index is 13.1. The number of nitrogens with zero attached hydrogens (tertiary/aromatic N) is 1. The predicted octanol–water partition coefficient (Wildman–Crippen LogP) is 3.05. The molecule has 3 nitrogen and oxygen atoms in total. The molecule has 0 aliphatic carbocycles. The molecule has 1 aliphatic heterocycles. The number of carbonyl (C=O) groups is 1. The van der Waals surface area contributed by atoms with Crippen molar-refractivity contribution >= 4 is 5.91 Å². The molecule has 0 spiro atoms. The number of benzene rings is 1. The van der Waals surface area contributed by atoms with Gasteiger partial charge in [-0.3, -0.25) is 4.79 Å². The lowest BCUT2D eigenvalue weighted by Gasteiger charge is -2.25. The van der Waals surface area contributed by atoms with E-state index in [0.717, 1.165) is 25.5 Å². The van der Waals surface area contributed by atoms with Gasteiger partial charge in [-0.1, -0.05) is 6.07 Å². The van der Waals surface area contributed by atoms with Crippen molar-refractivity contribution in [2.24, 2.45) is 0 Å². The Morgan fingerprint density at radius 2 is 2.18 bits per heavy atom. The van der Waals surface area contributed by atoms with Gasteiger partial charge >= 0.3 is 0 Å². The molecule has 1 heterocycles. The SMILES string of the molecule is CC(O)CC1CCCN1C(=O)CCCc1ccc(F)c(F)c1. The first-order valence-electron chi connectivity index (χ1n) is 7.89. The van der Waals surface area contributed by atoms with Gasteiger partial charge in [-0.25, -0.2) is 8.78 Å². The standard InChI is InChI=1S/C17H23F2NO2/c1-12(21)10-14-5-3-9-20(14)17(22)6-2-4-13-7-8-15(18)16(19)11-13/h7-8,11-12,14,21H,2-6,9-10H2,1H3. The second-order valence-corrected chi connectivity index (χ2v) is 6.07. The number of carbonyl (C=O) groups excluding carboxylic acids is 1. The molecule has 5 heteroatoms. The van der Waals surface area contributed by atoms with Crippen molar-refractivity contribution in [2.45, 2.75) is 57.6 Å². The van der Waals surface area contributed by atoms with Crippen molar-refractivity contribution in [3.05, 3.63) is 35.4 Å². The average Bonchev–Trinajstić information content (AvgIpc) is 2.90. The van der Waals surface area contributed by atoms with Gasteiger partial charge in [-0.2, -0.15) is 0 Å². The highest BCUT2D eigenvalue weighted by atomic mass is 19.2. The van der Waals surface area contributed by atoms with E-state index < -0.39 is 17.7 Å². The number of aliphatic hydroxyl groups is 1. The molecule has 122 valence electrons. The summed E-state index contributed by atoms with van der Waals surface area (Å²) in [6.45, 7) is 2.49. The summed E-state index contributed by atoms with van der Waals surface area (Å²) in [7, 11) is 0. The molecule has 0 saturated carbocycles. The van der Waals surface area contributed by atoms with Crippen molar-refractivity contribution in [1.29, 1.82) is 0 Å². The molecule has 2 rings (SSSR count). The fourth-order valence-corrected chi connectivity index (χ4v) is 3.09. The molecule has 1 aliphatic rings. The molecule has 2 atom stereocenters. The van der Waals surface area contributed by atoms with Crippen molar-refractivity contribution in [2.75, 3.05) is 6.54 Å². The molecule has 1 aromatic carbocycles. The van der Waals surface area contributed by atoms with E-state index in [4.69, 9.17) is 0 Å². The molecule has 0 radical (unpaired) electrons. The van der Waals surface area contributed by atoms with E-state index in [0.29, 0.717) is 31.2 Å². The van der Waals surface area contributed by atoms with Gasteiger partial charge in [0.25, 0.3) is 0 Å². The monoisotopic (exact) mass is 311 g/mol. The van der Waals surface area contributed by atoms with Crippen LogP contribution < -0.4 is 0 Å². The predicted molar refractivity (Wildman–Crippen MR) is 80.3 cm³/mol. The number of hydrogen-bond donors (Lipinski definition) is 1. The number of aliphatic hydroxyl groups excluding tert-OH is 1. The summed E-state index contributed by atoms with van der Waals surface area (Å²) in [5.41, 5.74) is 0.702. The molecule has 1 fully saturated rings. The minimum Gasteiger partial charge on any atom is -0.393 e. The van der Waals surface area contributed by atoms with Crippen molar-refractivity contribution in [3.63, 3.8) is 0 Å². The van der Waals surface area contributed by atoms with E-state index >= 15 is 0 Å². The molecule has 0 bridgehead atoms. The summed E-state index contributed by atoms with van der Waals surface area (Å²) < 4.78 is 26.0. The maximum atomic E-state index is 13.1. The highest BCUT2D eigenvalue weighted by Crippen LogP contribution is 2.23. The van der Waals surface area contributed by atoms with Gasteiger partial charge in [0.05, 0.1) is 6.10 Å². The van der Waals surface area contributed by atoms with E-state index in [9.17, 15) is 18.7 Å². The molecule has 1 N–H and O–H groups in total. The highest BCUT2D eigenvalue weighted by Gasteiger charge is 2.28. The van der Waals surface area contributed by atoms with Crippen LogP contribution in [-0.4, -0.2) is 34.6 Å². The number of rotatable bonds is 6. The lowest BCUT2D eigenvalue weighted by atomic mass is 10.1. The van der Waals surface area contributed by atoms with Crippen molar-refractivity contribution < 1.29 is 18.7 Å². The third kappa shape index (κ3) is 4.50. The first-order chi connectivity index (χ1) is 10.5. The molecule has 22 heavy (non-hydrogen) atoms. The first-order valence-corrected chi connectivity index (χ1v) is 7.89. The Kier molecular flexibility index (Phi) is 5.89. The zero-order valence-corrected chi connectivity index (χ0v) is 12.9. The summed E-state index contributed by atoms with van der Waals surface area (Å²) in [4.78, 5) is 14.1. The summed E-state index contributed by atoms with van der Waals surface area (Å²) in [6.07, 6.45) is 3.70. The molecule has 0 aromatic heterocycles. The highest BCUT2D eigenvalue weighted by molar-refractivity contribution is 5.76. The van der Waals surface area contributed by atoms with E-state index in [-0.39, 0.29) is 11.9 Å². The van der Waals surface area contributed by atoms with Gasteiger partial charge in [0.2, 0.25) is 5.91 Å². The molecular weight excluding hydrogens is 288 g/mol. The molecular formula is C17H23F2NO2. The van der Waals surface area contributed by atoms with Gasteiger partial charge in [0.1, 0.15) is 0 Å². The van der Waals surface area contributed by atoms with Crippen LogP contribution in [0, 0.1) is 11.6 Å². The van der Waals surface area contributed by atoms with Crippen LogP contribution >= 0.6 is 0 Å². The summed E-state index contributed by atoms with van der Waals surface area (Å²) >= 11 is 0. The Balaban J connectivity index is 1.80. The van der Waals surface area contributed by atoms with Gasteiger partial charge in [0, 0.05) is 19.0 Å². The largest absolute Gasteiger partial charge is 0.393 e. The molecule has 1 amide bonds. The Morgan fingerprint density at radius 1 is 1.41 bits per heavy atom. The molecule has 1 saturated heterocycles. The number of amides is 1. The fourth-order valence-electron chi connectivity index (χ4n) is 3.09. The van der Waals surface area contributed by atoms with Crippen molar-refractivity contribution in [1.82, 2.24) is 4.90 Å². The molecule has 2 unspecified atom stereocenters. The Bertz CT molecular complexity index is 519. The lowest BCUT2D eigenvalue weighted by Crippen LogP contribution is -2.37. The van der Waals surface area contributed by atoms with E-state index in [1.165, 1.54) is 6.07 Å². The smallest absolute Gasteiger partial charge is 0.222 e. The number of hydrogen-bond acceptors (Lipinski definition) is 2.